The van der Waals surface area contributed by atoms with Gasteiger partial charge in [0, 0.05) is 19.0 Å². The average Bonchev–Trinajstić information content (AvgIpc) is 2.64. The molecule has 30 heavy (non-hydrogen) atoms. The molecule has 0 fully saturated rings. The topological polar surface area (TPSA) is 145 Å². The zero-order valence-corrected chi connectivity index (χ0v) is 18.5. The van der Waals surface area contributed by atoms with Crippen molar-refractivity contribution in [2.24, 2.45) is 0 Å². The lowest BCUT2D eigenvalue weighted by molar-refractivity contribution is -0.387. The number of hydrogen-bond donors (Lipinski definition) is 2. The fraction of sp³-hybridized carbons (Fsp3) is 0.579. The number of carbonyl (C=O) groups excluding carboxylic acids is 2. The van der Waals surface area contributed by atoms with E-state index in [4.69, 9.17) is 4.74 Å². The number of amides is 1. The summed E-state index contributed by atoms with van der Waals surface area (Å²) in [7, 11) is -4.27. The minimum Gasteiger partial charge on any atom is -0.444 e. The molecule has 10 nitrogen and oxygen atoms in total. The second kappa shape index (κ2) is 11.0. The predicted molar refractivity (Wildman–Crippen MR) is 111 cm³/mol. The molecule has 0 aliphatic carbocycles. The number of Topliss-reactive ketones (excluding diaryl/α,β-unsaturated/α-hetero) is 1. The summed E-state index contributed by atoms with van der Waals surface area (Å²) in [6.07, 6.45) is 0.703. The van der Waals surface area contributed by atoms with Crippen LogP contribution in [0.1, 0.15) is 53.4 Å². The van der Waals surface area contributed by atoms with Crippen molar-refractivity contribution in [1.82, 2.24) is 10.0 Å². The van der Waals surface area contributed by atoms with E-state index in [-0.39, 0.29) is 18.6 Å². The zero-order valence-electron chi connectivity index (χ0n) is 17.6. The van der Waals surface area contributed by atoms with Gasteiger partial charge in [-0.1, -0.05) is 19.1 Å². The second-order valence-corrected chi connectivity index (χ2v) is 9.33. The normalized spacial score (nSPS) is 12.8. The Kier molecular flexibility index (Phi) is 9.37. The number of carbonyl (C=O) groups is 2. The third-order valence-corrected chi connectivity index (χ3v) is 5.49. The first-order valence-corrected chi connectivity index (χ1v) is 11.1. The van der Waals surface area contributed by atoms with Crippen LogP contribution in [-0.4, -0.2) is 43.4 Å². The van der Waals surface area contributed by atoms with Crippen molar-refractivity contribution < 1.29 is 27.7 Å². The van der Waals surface area contributed by atoms with Crippen LogP contribution in [0.5, 0.6) is 0 Å². The number of nitro groups is 1. The number of benzene rings is 1. The van der Waals surface area contributed by atoms with Gasteiger partial charge in [0.2, 0.25) is 10.0 Å². The Morgan fingerprint density at radius 3 is 2.40 bits per heavy atom. The molecule has 1 rings (SSSR count). The molecule has 0 aliphatic rings. The monoisotopic (exact) mass is 443 g/mol. The van der Waals surface area contributed by atoms with Crippen LogP contribution in [0.3, 0.4) is 0 Å². The van der Waals surface area contributed by atoms with E-state index in [0.717, 1.165) is 12.1 Å². The Bertz CT molecular complexity index is 863. The highest BCUT2D eigenvalue weighted by atomic mass is 32.2. The van der Waals surface area contributed by atoms with E-state index < -0.39 is 43.3 Å². The van der Waals surface area contributed by atoms with Crippen LogP contribution >= 0.6 is 0 Å². The summed E-state index contributed by atoms with van der Waals surface area (Å²) in [5.41, 5.74) is -1.17. The SMILES string of the molecule is CCC(=O)[C@H](CCCCNC(=O)OC(C)(C)C)NS(=O)(=O)c1ccccc1[N+](=O)[O-]. The second-order valence-electron chi connectivity index (χ2n) is 7.64. The molecular weight excluding hydrogens is 414 g/mol. The van der Waals surface area contributed by atoms with Gasteiger partial charge in [-0.3, -0.25) is 14.9 Å². The first-order valence-electron chi connectivity index (χ1n) is 9.62. The number of unbranched alkanes of at least 4 members (excludes halogenated alkanes) is 1. The molecule has 0 spiro atoms. The van der Waals surface area contributed by atoms with Crippen molar-refractivity contribution in [2.45, 2.75) is 69.9 Å². The molecule has 0 bridgehead atoms. The van der Waals surface area contributed by atoms with E-state index in [1.807, 2.05) is 0 Å². The Hall–Kier alpha value is -2.53. The Labute approximate surface area is 176 Å². The van der Waals surface area contributed by atoms with Gasteiger partial charge in [-0.25, -0.2) is 17.9 Å². The fourth-order valence-electron chi connectivity index (χ4n) is 2.60. The van der Waals surface area contributed by atoms with E-state index in [0.29, 0.717) is 19.4 Å². The number of rotatable bonds is 11. The number of nitro benzene ring substituents is 1. The van der Waals surface area contributed by atoms with Gasteiger partial charge in [0.15, 0.2) is 10.7 Å². The van der Waals surface area contributed by atoms with Gasteiger partial charge >= 0.3 is 6.09 Å². The standard InChI is InChI=1S/C19H29N3O7S/c1-5-16(23)14(10-8-9-13-20-18(24)29-19(2,3)4)21-30(27,28)17-12-7-6-11-15(17)22(25)26/h6-7,11-12,14,21H,5,8-10,13H2,1-4H3,(H,20,24)/t14-/m0/s1. The molecule has 11 heteroatoms. The lowest BCUT2D eigenvalue weighted by atomic mass is 10.0. The Balaban J connectivity index is 2.72. The fourth-order valence-corrected chi connectivity index (χ4v) is 4.02. The van der Waals surface area contributed by atoms with E-state index in [9.17, 15) is 28.1 Å². The van der Waals surface area contributed by atoms with Crippen LogP contribution in [0.4, 0.5) is 10.5 Å². The highest BCUT2D eigenvalue weighted by Crippen LogP contribution is 2.23. The van der Waals surface area contributed by atoms with Crippen LogP contribution in [-0.2, 0) is 19.6 Å². The molecule has 0 saturated heterocycles. The van der Waals surface area contributed by atoms with Gasteiger partial charge in [0.1, 0.15) is 5.60 Å². The van der Waals surface area contributed by atoms with Crippen LogP contribution in [0.15, 0.2) is 29.2 Å². The van der Waals surface area contributed by atoms with E-state index in [1.165, 1.54) is 12.1 Å². The average molecular weight is 444 g/mol. The summed E-state index contributed by atoms with van der Waals surface area (Å²) < 4.78 is 32.7. The van der Waals surface area contributed by atoms with Crippen molar-refractivity contribution in [3.63, 3.8) is 0 Å². The van der Waals surface area contributed by atoms with Gasteiger partial charge in [-0.2, -0.15) is 0 Å². The smallest absolute Gasteiger partial charge is 0.407 e. The van der Waals surface area contributed by atoms with E-state index in [1.54, 1.807) is 27.7 Å². The lowest BCUT2D eigenvalue weighted by Crippen LogP contribution is -2.40. The third-order valence-electron chi connectivity index (χ3n) is 3.97. The number of nitrogens with one attached hydrogen (secondary N) is 2. The minimum absolute atomic E-state index is 0.111. The maximum Gasteiger partial charge on any atom is 0.407 e. The van der Waals surface area contributed by atoms with Gasteiger partial charge in [0.25, 0.3) is 5.69 Å². The molecule has 1 amide bonds. The molecule has 168 valence electrons. The molecule has 0 unspecified atom stereocenters. The summed E-state index contributed by atoms with van der Waals surface area (Å²) in [6, 6.07) is 3.94. The van der Waals surface area contributed by atoms with Crippen LogP contribution < -0.4 is 10.0 Å². The van der Waals surface area contributed by atoms with Crippen LogP contribution in [0.2, 0.25) is 0 Å². The molecule has 0 heterocycles. The van der Waals surface area contributed by atoms with Crippen LogP contribution in [0, 0.1) is 10.1 Å². The highest BCUT2D eigenvalue weighted by molar-refractivity contribution is 7.89. The third kappa shape index (κ3) is 8.46. The number of hydrogen-bond acceptors (Lipinski definition) is 7. The largest absolute Gasteiger partial charge is 0.444 e. The van der Waals surface area contributed by atoms with Crippen molar-refractivity contribution in [1.29, 1.82) is 0 Å². The van der Waals surface area contributed by atoms with E-state index in [2.05, 4.69) is 10.0 Å². The predicted octanol–water partition coefficient (Wildman–Crippen LogP) is 2.92. The summed E-state index contributed by atoms with van der Waals surface area (Å²) in [6.45, 7) is 7.15. The summed E-state index contributed by atoms with van der Waals surface area (Å²) in [5.74, 6) is -0.322. The summed E-state index contributed by atoms with van der Waals surface area (Å²) >= 11 is 0. The molecule has 1 atom stereocenters. The van der Waals surface area contributed by atoms with Gasteiger partial charge in [-0.15, -0.1) is 0 Å². The van der Waals surface area contributed by atoms with E-state index >= 15 is 0 Å². The summed E-state index contributed by atoms with van der Waals surface area (Å²) in [5, 5.41) is 13.7. The molecule has 1 aromatic rings. The molecule has 0 saturated carbocycles. The van der Waals surface area contributed by atoms with Gasteiger partial charge < -0.3 is 10.1 Å². The lowest BCUT2D eigenvalue weighted by Gasteiger charge is -2.20. The number of ketones is 1. The Morgan fingerprint density at radius 2 is 1.83 bits per heavy atom. The quantitative estimate of drug-likeness (QED) is 0.304. The number of para-hydroxylation sites is 1. The van der Waals surface area contributed by atoms with Crippen molar-refractivity contribution in [3.8, 4) is 0 Å². The summed E-state index contributed by atoms with van der Waals surface area (Å²) in [4.78, 5) is 33.7. The highest BCUT2D eigenvalue weighted by Gasteiger charge is 2.29. The molecule has 0 radical (unpaired) electrons. The molecule has 0 aromatic heterocycles. The molecule has 0 aliphatic heterocycles. The maximum absolute atomic E-state index is 12.7. The zero-order chi connectivity index (χ0) is 22.9. The molecule has 1 aromatic carbocycles. The maximum atomic E-state index is 12.7. The molecular formula is C19H29N3O7S. The van der Waals surface area contributed by atoms with Crippen molar-refractivity contribution in [2.75, 3.05) is 6.54 Å². The number of alkyl carbamates (subject to hydrolysis) is 1. The van der Waals surface area contributed by atoms with Crippen molar-refractivity contribution >= 4 is 27.6 Å². The van der Waals surface area contributed by atoms with Crippen LogP contribution in [0.25, 0.3) is 0 Å². The minimum atomic E-state index is -4.27. The van der Waals surface area contributed by atoms with Gasteiger partial charge in [-0.05, 0) is 46.1 Å². The first-order chi connectivity index (χ1) is 13.9. The first kappa shape index (κ1) is 25.5. The number of nitrogens with zero attached hydrogens (tertiary/aromatic N) is 1. The number of sulfonamides is 1. The number of ether oxygens (including phenoxy) is 1. The van der Waals surface area contributed by atoms with Gasteiger partial charge in [0.05, 0.1) is 11.0 Å². The molecule has 2 N–H and O–H groups in total. The Morgan fingerprint density at radius 1 is 1.20 bits per heavy atom. The van der Waals surface area contributed by atoms with Crippen molar-refractivity contribution in [3.05, 3.63) is 34.4 Å².